The fraction of sp³-hybridized carbons (Fsp3) is 0.652. The van der Waals surface area contributed by atoms with Crippen molar-refractivity contribution in [1.29, 1.82) is 0 Å². The fourth-order valence-electron chi connectivity index (χ4n) is 5.39. The maximum atomic E-state index is 13.5. The lowest BCUT2D eigenvalue weighted by molar-refractivity contribution is -0.152. The van der Waals surface area contributed by atoms with Crippen molar-refractivity contribution in [1.82, 2.24) is 9.80 Å². The Morgan fingerprint density at radius 3 is 2.43 bits per heavy atom. The Bertz CT molecular complexity index is 759. The average Bonchev–Trinajstić information content (AvgIpc) is 3.06. The Balaban J connectivity index is 1.57. The molecule has 6 nitrogen and oxygen atoms in total. The van der Waals surface area contributed by atoms with Gasteiger partial charge in [-0.25, -0.2) is 0 Å². The van der Waals surface area contributed by atoms with Crippen LogP contribution in [0.25, 0.3) is 0 Å². The summed E-state index contributed by atoms with van der Waals surface area (Å²) in [6.45, 7) is 4.76. The minimum Gasteiger partial charge on any atom is -0.481 e. The highest BCUT2D eigenvalue weighted by Gasteiger charge is 2.42. The highest BCUT2D eigenvalue weighted by atomic mass is 35.5. The zero-order valence-corrected chi connectivity index (χ0v) is 18.3. The van der Waals surface area contributed by atoms with Crippen LogP contribution in [-0.2, 0) is 14.3 Å². The van der Waals surface area contributed by atoms with Crippen LogP contribution >= 0.6 is 11.6 Å². The summed E-state index contributed by atoms with van der Waals surface area (Å²) in [7, 11) is 0. The number of hydrogen-bond donors (Lipinski definition) is 1. The summed E-state index contributed by atoms with van der Waals surface area (Å²) in [6.07, 6.45) is 4.98. The molecule has 3 heterocycles. The van der Waals surface area contributed by atoms with Crippen molar-refractivity contribution < 1.29 is 19.4 Å². The molecule has 1 N–H and O–H groups in total. The minimum absolute atomic E-state index is 0.0216. The molecule has 1 aromatic carbocycles. The van der Waals surface area contributed by atoms with Gasteiger partial charge in [0, 0.05) is 36.6 Å². The van der Waals surface area contributed by atoms with Gasteiger partial charge in [0.05, 0.1) is 24.7 Å². The van der Waals surface area contributed by atoms with Crippen molar-refractivity contribution >= 4 is 23.5 Å². The van der Waals surface area contributed by atoms with E-state index in [1.807, 2.05) is 29.2 Å². The molecule has 0 aliphatic carbocycles. The first kappa shape index (κ1) is 21.6. The van der Waals surface area contributed by atoms with Crippen molar-refractivity contribution in [3.8, 4) is 0 Å². The molecule has 3 fully saturated rings. The summed E-state index contributed by atoms with van der Waals surface area (Å²) in [6, 6.07) is 7.72. The molecule has 0 spiro atoms. The second kappa shape index (κ2) is 9.25. The standard InChI is InChI=1S/C23H31ClN2O4/c1-2-18(12-25-13-19-8-9-20(14-25)30-19)26-21(15-3-6-17(24)7-4-15)10-5-16(23(26)29)11-22(27)28/h3-4,6-7,16,18-21H,2,5,8-14H2,1H3,(H,27,28). The second-order valence-electron chi connectivity index (χ2n) is 8.92. The molecule has 30 heavy (non-hydrogen) atoms. The number of benzene rings is 1. The molecule has 164 valence electrons. The topological polar surface area (TPSA) is 70.1 Å². The lowest BCUT2D eigenvalue weighted by Gasteiger charge is -2.46. The number of rotatable bonds is 7. The molecule has 0 radical (unpaired) electrons. The predicted octanol–water partition coefficient (Wildman–Crippen LogP) is 3.74. The third-order valence-electron chi connectivity index (χ3n) is 6.86. The Labute approximate surface area is 183 Å². The maximum Gasteiger partial charge on any atom is 0.304 e. The molecule has 0 saturated carbocycles. The van der Waals surface area contributed by atoms with Crippen LogP contribution in [-0.4, -0.2) is 64.7 Å². The number of piperidine rings is 1. The van der Waals surface area contributed by atoms with Crippen molar-refractivity contribution in [2.45, 2.75) is 69.7 Å². The van der Waals surface area contributed by atoms with Crippen LogP contribution in [0.15, 0.2) is 24.3 Å². The van der Waals surface area contributed by atoms with E-state index >= 15 is 0 Å². The Hall–Kier alpha value is -1.63. The van der Waals surface area contributed by atoms with Crippen molar-refractivity contribution in [3.63, 3.8) is 0 Å². The zero-order chi connectivity index (χ0) is 21.3. The number of aliphatic carboxylic acids is 1. The molecule has 5 atom stereocenters. The van der Waals surface area contributed by atoms with Crippen LogP contribution in [0.3, 0.4) is 0 Å². The number of morpholine rings is 1. The fourth-order valence-corrected chi connectivity index (χ4v) is 5.52. The quantitative estimate of drug-likeness (QED) is 0.707. The van der Waals surface area contributed by atoms with E-state index in [1.54, 1.807) is 0 Å². The number of carbonyl (C=O) groups excluding carboxylic acids is 1. The number of ether oxygens (including phenoxy) is 1. The lowest BCUT2D eigenvalue weighted by Crippen LogP contribution is -2.55. The summed E-state index contributed by atoms with van der Waals surface area (Å²) in [4.78, 5) is 29.3. The van der Waals surface area contributed by atoms with Gasteiger partial charge in [0.1, 0.15) is 0 Å². The first-order valence-corrected chi connectivity index (χ1v) is 11.5. The molecule has 2 bridgehead atoms. The average molecular weight is 435 g/mol. The number of carboxylic acid groups (broad SMARTS) is 1. The van der Waals surface area contributed by atoms with Crippen LogP contribution in [0.1, 0.15) is 57.1 Å². The van der Waals surface area contributed by atoms with Crippen LogP contribution in [0.2, 0.25) is 5.02 Å². The number of fused-ring (bicyclic) bond motifs is 2. The van der Waals surface area contributed by atoms with E-state index in [4.69, 9.17) is 16.3 Å². The van der Waals surface area contributed by atoms with Gasteiger partial charge in [0.2, 0.25) is 5.91 Å². The van der Waals surface area contributed by atoms with Crippen molar-refractivity contribution in [2.75, 3.05) is 19.6 Å². The minimum atomic E-state index is -0.906. The van der Waals surface area contributed by atoms with E-state index in [9.17, 15) is 14.7 Å². The summed E-state index contributed by atoms with van der Waals surface area (Å²) in [5.41, 5.74) is 1.07. The Kier molecular flexibility index (Phi) is 6.66. The van der Waals surface area contributed by atoms with Crippen LogP contribution in [0, 0.1) is 5.92 Å². The highest BCUT2D eigenvalue weighted by Crippen LogP contribution is 2.38. The van der Waals surface area contributed by atoms with Gasteiger partial charge in [-0.15, -0.1) is 0 Å². The van der Waals surface area contributed by atoms with Crippen LogP contribution in [0.5, 0.6) is 0 Å². The molecular weight excluding hydrogens is 404 g/mol. The van der Waals surface area contributed by atoms with E-state index in [2.05, 4.69) is 11.8 Å². The summed E-state index contributed by atoms with van der Waals surface area (Å²) in [5.74, 6) is -1.37. The molecule has 1 aromatic rings. The van der Waals surface area contributed by atoms with E-state index in [1.165, 1.54) is 0 Å². The van der Waals surface area contributed by atoms with Gasteiger partial charge < -0.3 is 14.7 Å². The summed E-state index contributed by atoms with van der Waals surface area (Å²) < 4.78 is 5.97. The molecule has 3 saturated heterocycles. The van der Waals surface area contributed by atoms with E-state index in [-0.39, 0.29) is 24.4 Å². The number of halogens is 1. The van der Waals surface area contributed by atoms with Gasteiger partial charge in [-0.2, -0.15) is 0 Å². The smallest absolute Gasteiger partial charge is 0.304 e. The normalized spacial score (nSPS) is 30.5. The number of hydrogen-bond acceptors (Lipinski definition) is 4. The first-order valence-electron chi connectivity index (χ1n) is 11.1. The molecule has 1 amide bonds. The van der Waals surface area contributed by atoms with Gasteiger partial charge in [-0.3, -0.25) is 14.5 Å². The molecule has 4 rings (SSSR count). The number of likely N-dealkylation sites (tertiary alicyclic amines) is 2. The molecule has 5 unspecified atom stereocenters. The van der Waals surface area contributed by atoms with Gasteiger partial charge in [0.15, 0.2) is 0 Å². The largest absolute Gasteiger partial charge is 0.481 e. The highest BCUT2D eigenvalue weighted by molar-refractivity contribution is 6.30. The predicted molar refractivity (Wildman–Crippen MR) is 114 cm³/mol. The molecular formula is C23H31ClN2O4. The third kappa shape index (κ3) is 4.66. The van der Waals surface area contributed by atoms with Crippen molar-refractivity contribution in [3.05, 3.63) is 34.9 Å². The first-order chi connectivity index (χ1) is 14.4. The SMILES string of the molecule is CCC(CN1CC2CCC(C1)O2)N1C(=O)C(CC(=O)O)CCC1c1ccc(Cl)cc1. The number of amides is 1. The summed E-state index contributed by atoms with van der Waals surface area (Å²) in [5, 5.41) is 9.97. The lowest BCUT2D eigenvalue weighted by atomic mass is 9.85. The monoisotopic (exact) mass is 434 g/mol. The number of nitrogens with zero attached hydrogens (tertiary/aromatic N) is 2. The van der Waals surface area contributed by atoms with Crippen LogP contribution in [0.4, 0.5) is 0 Å². The number of carbonyl (C=O) groups is 2. The van der Waals surface area contributed by atoms with Gasteiger partial charge >= 0.3 is 5.97 Å². The molecule has 7 heteroatoms. The zero-order valence-electron chi connectivity index (χ0n) is 17.5. The number of carboxylic acids is 1. The van der Waals surface area contributed by atoms with E-state index in [0.717, 1.165) is 50.9 Å². The van der Waals surface area contributed by atoms with Gasteiger partial charge in [-0.05, 0) is 49.8 Å². The molecule has 0 aromatic heterocycles. The molecule has 3 aliphatic rings. The Morgan fingerprint density at radius 2 is 1.83 bits per heavy atom. The summed E-state index contributed by atoms with van der Waals surface area (Å²) >= 11 is 6.08. The van der Waals surface area contributed by atoms with Crippen molar-refractivity contribution in [2.24, 2.45) is 5.92 Å². The van der Waals surface area contributed by atoms with E-state index < -0.39 is 11.9 Å². The molecule has 3 aliphatic heterocycles. The van der Waals surface area contributed by atoms with Gasteiger partial charge in [-0.1, -0.05) is 30.7 Å². The second-order valence-corrected chi connectivity index (χ2v) is 9.36. The van der Waals surface area contributed by atoms with E-state index in [0.29, 0.717) is 23.7 Å². The van der Waals surface area contributed by atoms with Gasteiger partial charge in [0.25, 0.3) is 0 Å². The maximum absolute atomic E-state index is 13.5. The van der Waals surface area contributed by atoms with Crippen LogP contribution < -0.4 is 0 Å². The Morgan fingerprint density at radius 1 is 1.17 bits per heavy atom. The third-order valence-corrected chi connectivity index (χ3v) is 7.11.